The van der Waals surface area contributed by atoms with Gasteiger partial charge in [-0.1, -0.05) is 22.8 Å². The largest absolute Gasteiger partial charge is 0.458 e. The van der Waals surface area contributed by atoms with Gasteiger partial charge in [0.2, 0.25) is 0 Å². The molecule has 0 N–H and O–H groups in total. The molecule has 1 aliphatic carbocycles. The summed E-state index contributed by atoms with van der Waals surface area (Å²) >= 11 is 0. The lowest BCUT2D eigenvalue weighted by atomic mass is 9.70. The van der Waals surface area contributed by atoms with Crippen LogP contribution in [-0.2, 0) is 19.1 Å². The van der Waals surface area contributed by atoms with E-state index in [1.807, 2.05) is 32.9 Å². The summed E-state index contributed by atoms with van der Waals surface area (Å²) in [6.07, 6.45) is 9.31. The van der Waals surface area contributed by atoms with Crippen LogP contribution in [0.2, 0.25) is 0 Å². The summed E-state index contributed by atoms with van der Waals surface area (Å²) in [7, 11) is 0. The highest BCUT2D eigenvalue weighted by atomic mass is 16.5. The van der Waals surface area contributed by atoms with Crippen LogP contribution in [0.5, 0.6) is 0 Å². The fraction of sp³-hybridized carbons (Fsp3) is 0.571. The Morgan fingerprint density at radius 1 is 1.28 bits per heavy atom. The third-order valence-electron chi connectivity index (χ3n) is 4.83. The average molecular weight is 346 g/mol. The summed E-state index contributed by atoms with van der Waals surface area (Å²) in [6.45, 7) is 9.28. The Balaban J connectivity index is 2.85. The minimum absolute atomic E-state index is 0.244. The monoisotopic (exact) mass is 346 g/mol. The molecule has 25 heavy (non-hydrogen) atoms. The van der Waals surface area contributed by atoms with Gasteiger partial charge in [0.15, 0.2) is 0 Å². The first-order valence-electron chi connectivity index (χ1n) is 8.85. The second-order valence-electron chi connectivity index (χ2n) is 7.27. The lowest BCUT2D eigenvalue weighted by molar-refractivity contribution is -0.144. The molecule has 4 nitrogen and oxygen atoms in total. The fourth-order valence-corrected chi connectivity index (χ4v) is 3.22. The van der Waals surface area contributed by atoms with E-state index in [4.69, 9.17) is 4.74 Å². The normalized spacial score (nSPS) is 19.2. The van der Waals surface area contributed by atoms with Crippen LogP contribution < -0.4 is 0 Å². The van der Waals surface area contributed by atoms with E-state index in [9.17, 15) is 14.4 Å². The predicted molar refractivity (Wildman–Crippen MR) is 99.1 cm³/mol. The summed E-state index contributed by atoms with van der Waals surface area (Å²) < 4.78 is 5.44. The quantitative estimate of drug-likeness (QED) is 0.281. The number of hydrogen-bond acceptors (Lipinski definition) is 4. The molecule has 0 fully saturated rings. The molecule has 0 aliphatic heterocycles. The zero-order valence-corrected chi connectivity index (χ0v) is 16.1. The molecule has 0 heterocycles. The van der Waals surface area contributed by atoms with Gasteiger partial charge in [-0.3, -0.25) is 14.4 Å². The van der Waals surface area contributed by atoms with Crippen molar-refractivity contribution < 1.29 is 19.1 Å². The first kappa shape index (κ1) is 21.1. The van der Waals surface area contributed by atoms with Gasteiger partial charge in [-0.2, -0.15) is 0 Å². The van der Waals surface area contributed by atoms with Crippen molar-refractivity contribution in [2.24, 2.45) is 5.41 Å². The molecule has 0 aromatic rings. The van der Waals surface area contributed by atoms with Crippen molar-refractivity contribution in [2.75, 3.05) is 0 Å². The first-order valence-corrected chi connectivity index (χ1v) is 8.85. The zero-order valence-electron chi connectivity index (χ0n) is 16.1. The molecule has 0 amide bonds. The van der Waals surface area contributed by atoms with E-state index in [2.05, 4.69) is 6.92 Å². The third kappa shape index (κ3) is 6.45. The number of esters is 1. The molecule has 138 valence electrons. The van der Waals surface area contributed by atoms with Crippen molar-refractivity contribution in [2.45, 2.75) is 72.8 Å². The molecule has 1 rings (SSSR count). The lowest BCUT2D eigenvalue weighted by Crippen LogP contribution is -2.33. The van der Waals surface area contributed by atoms with E-state index >= 15 is 0 Å². The van der Waals surface area contributed by atoms with E-state index in [1.165, 1.54) is 12.5 Å². The Labute approximate surface area is 151 Å². The SMILES string of the molecule is CC(=O)OC(/C=C/CC/C(C)=C/C=O)CC1=C(C)CCC(=O)C1(C)C. The van der Waals surface area contributed by atoms with E-state index in [-0.39, 0.29) is 17.9 Å². The number of aldehydes is 1. The van der Waals surface area contributed by atoms with Crippen molar-refractivity contribution in [1.29, 1.82) is 0 Å². The zero-order chi connectivity index (χ0) is 19.0. The smallest absolute Gasteiger partial charge is 0.303 e. The van der Waals surface area contributed by atoms with Crippen LogP contribution in [0.1, 0.15) is 66.7 Å². The minimum Gasteiger partial charge on any atom is -0.458 e. The van der Waals surface area contributed by atoms with Gasteiger partial charge in [0.1, 0.15) is 18.2 Å². The van der Waals surface area contributed by atoms with Gasteiger partial charge < -0.3 is 4.74 Å². The van der Waals surface area contributed by atoms with Crippen LogP contribution in [-0.4, -0.2) is 24.1 Å². The summed E-state index contributed by atoms with van der Waals surface area (Å²) in [6, 6.07) is 0. The van der Waals surface area contributed by atoms with Gasteiger partial charge in [-0.05, 0) is 59.1 Å². The lowest BCUT2D eigenvalue weighted by Gasteiger charge is -2.34. The van der Waals surface area contributed by atoms with Gasteiger partial charge in [0.05, 0.1) is 0 Å². The topological polar surface area (TPSA) is 60.4 Å². The number of allylic oxidation sites excluding steroid dienone is 4. The van der Waals surface area contributed by atoms with Gasteiger partial charge in [-0.25, -0.2) is 0 Å². The summed E-state index contributed by atoms with van der Waals surface area (Å²) in [5.41, 5.74) is 2.82. The first-order chi connectivity index (χ1) is 11.7. The van der Waals surface area contributed by atoms with Crippen molar-refractivity contribution in [3.63, 3.8) is 0 Å². The molecule has 0 spiro atoms. The molecule has 0 radical (unpaired) electrons. The van der Waals surface area contributed by atoms with Crippen LogP contribution in [0, 0.1) is 5.41 Å². The van der Waals surface area contributed by atoms with E-state index < -0.39 is 5.41 Å². The Morgan fingerprint density at radius 2 is 1.96 bits per heavy atom. The van der Waals surface area contributed by atoms with Crippen molar-refractivity contribution in [1.82, 2.24) is 0 Å². The summed E-state index contributed by atoms with van der Waals surface area (Å²) in [4.78, 5) is 34.2. The number of carbonyl (C=O) groups excluding carboxylic acids is 3. The molecule has 1 unspecified atom stereocenters. The molecular weight excluding hydrogens is 316 g/mol. The maximum Gasteiger partial charge on any atom is 0.303 e. The van der Waals surface area contributed by atoms with Crippen LogP contribution in [0.3, 0.4) is 0 Å². The summed E-state index contributed by atoms with van der Waals surface area (Å²) in [5.74, 6) is -0.0850. The van der Waals surface area contributed by atoms with E-state index in [0.717, 1.165) is 36.7 Å². The number of ether oxygens (including phenoxy) is 1. The maximum absolute atomic E-state index is 12.3. The second kappa shape index (κ2) is 9.50. The highest BCUT2D eigenvalue weighted by molar-refractivity contribution is 5.88. The Kier molecular flexibility index (Phi) is 8.01. The van der Waals surface area contributed by atoms with Crippen LogP contribution in [0.15, 0.2) is 34.9 Å². The van der Waals surface area contributed by atoms with Gasteiger partial charge in [0.25, 0.3) is 0 Å². The third-order valence-corrected chi connectivity index (χ3v) is 4.83. The van der Waals surface area contributed by atoms with Crippen LogP contribution in [0.25, 0.3) is 0 Å². The Morgan fingerprint density at radius 3 is 2.56 bits per heavy atom. The average Bonchev–Trinajstić information content (AvgIpc) is 2.51. The molecular formula is C21H30O4. The van der Waals surface area contributed by atoms with Gasteiger partial charge in [0, 0.05) is 25.2 Å². The maximum atomic E-state index is 12.3. The standard InChI is InChI=1S/C21H30O4/c1-15(12-13-22)8-6-7-9-18(25-17(3)23)14-19-16(2)10-11-20(24)21(19,4)5/h7,9,12-13,18H,6,8,10-11,14H2,1-5H3/b9-7+,15-12+. The Hall–Kier alpha value is -1.97. The van der Waals surface area contributed by atoms with Gasteiger partial charge in [-0.15, -0.1) is 0 Å². The highest BCUT2D eigenvalue weighted by Gasteiger charge is 2.36. The number of Topliss-reactive ketones (excluding diaryl/α,β-unsaturated/α-hetero) is 1. The molecule has 0 aromatic carbocycles. The van der Waals surface area contributed by atoms with Crippen LogP contribution in [0.4, 0.5) is 0 Å². The Bertz CT molecular complexity index is 605. The predicted octanol–water partition coefficient (Wildman–Crippen LogP) is 4.50. The number of ketones is 1. The van der Waals surface area contributed by atoms with Crippen molar-refractivity contribution in [3.05, 3.63) is 34.9 Å². The van der Waals surface area contributed by atoms with Crippen molar-refractivity contribution in [3.8, 4) is 0 Å². The minimum atomic E-state index is -0.502. The molecule has 0 saturated heterocycles. The van der Waals surface area contributed by atoms with E-state index in [0.29, 0.717) is 12.8 Å². The molecule has 0 saturated carbocycles. The number of carbonyl (C=O) groups is 3. The number of hydrogen-bond donors (Lipinski definition) is 0. The molecule has 1 atom stereocenters. The molecule has 1 aliphatic rings. The van der Waals surface area contributed by atoms with Gasteiger partial charge >= 0.3 is 5.97 Å². The fourth-order valence-electron chi connectivity index (χ4n) is 3.22. The second-order valence-corrected chi connectivity index (χ2v) is 7.27. The molecule has 0 aromatic heterocycles. The van der Waals surface area contributed by atoms with E-state index in [1.54, 1.807) is 6.08 Å². The summed E-state index contributed by atoms with van der Waals surface area (Å²) in [5, 5.41) is 0. The molecule has 4 heteroatoms. The number of rotatable bonds is 8. The molecule has 0 bridgehead atoms. The highest BCUT2D eigenvalue weighted by Crippen LogP contribution is 2.40. The van der Waals surface area contributed by atoms with Crippen molar-refractivity contribution >= 4 is 18.0 Å². The van der Waals surface area contributed by atoms with Crippen LogP contribution >= 0.6 is 0 Å².